The van der Waals surface area contributed by atoms with Gasteiger partial charge in [-0.1, -0.05) is 23.7 Å². The fourth-order valence-corrected chi connectivity index (χ4v) is 2.42. The third-order valence-corrected chi connectivity index (χ3v) is 3.86. The van der Waals surface area contributed by atoms with Gasteiger partial charge in [0.15, 0.2) is 11.5 Å². The minimum atomic E-state index is -0.378. The Balaban J connectivity index is 1.66. The molecule has 3 aromatic rings. The summed E-state index contributed by atoms with van der Waals surface area (Å²) in [7, 11) is 1.57. The third kappa shape index (κ3) is 4.39. The van der Waals surface area contributed by atoms with Crippen molar-refractivity contribution < 1.29 is 13.9 Å². The van der Waals surface area contributed by atoms with E-state index < -0.39 is 0 Å². The van der Waals surface area contributed by atoms with Crippen LogP contribution < -0.4 is 14.9 Å². The highest BCUT2D eigenvalue weighted by atomic mass is 35.5. The fraction of sp³-hybridized carbons (Fsp3) is 0.176. The van der Waals surface area contributed by atoms with Gasteiger partial charge in [-0.05, 0) is 29.8 Å². The maximum atomic E-state index is 13.1. The van der Waals surface area contributed by atoms with Gasteiger partial charge in [0.05, 0.1) is 18.7 Å². The molecule has 6 nitrogen and oxygen atoms in total. The average molecular weight is 363 g/mol. The molecule has 130 valence electrons. The number of hydrogen-bond donors (Lipinski definition) is 1. The summed E-state index contributed by atoms with van der Waals surface area (Å²) in [6.07, 6.45) is 3.14. The van der Waals surface area contributed by atoms with Crippen molar-refractivity contribution in [1.82, 2.24) is 14.9 Å². The molecular formula is C17H16ClFN4O2. The predicted octanol–water partition coefficient (Wildman–Crippen LogP) is 3.40. The summed E-state index contributed by atoms with van der Waals surface area (Å²) in [4.78, 5) is 0. The molecule has 0 saturated heterocycles. The maximum Gasteiger partial charge on any atom is 0.161 e. The van der Waals surface area contributed by atoms with Crippen molar-refractivity contribution in [2.45, 2.75) is 13.2 Å². The summed E-state index contributed by atoms with van der Waals surface area (Å²) >= 11 is 6.01. The Morgan fingerprint density at radius 1 is 1.12 bits per heavy atom. The smallest absolute Gasteiger partial charge is 0.161 e. The normalized spacial score (nSPS) is 10.5. The van der Waals surface area contributed by atoms with E-state index in [1.54, 1.807) is 30.5 Å². The van der Waals surface area contributed by atoms with Crippen LogP contribution in [0.15, 0.2) is 49.1 Å². The van der Waals surface area contributed by atoms with E-state index in [4.69, 9.17) is 21.1 Å². The Bertz CT molecular complexity index is 843. The molecule has 25 heavy (non-hydrogen) atoms. The summed E-state index contributed by atoms with van der Waals surface area (Å²) in [5.41, 5.74) is 4.82. The molecule has 0 spiro atoms. The van der Waals surface area contributed by atoms with Crippen LogP contribution in [0, 0.1) is 5.82 Å². The van der Waals surface area contributed by atoms with E-state index in [1.807, 2.05) is 18.2 Å². The number of aromatic nitrogens is 3. The number of ether oxygens (including phenoxy) is 2. The van der Waals surface area contributed by atoms with Gasteiger partial charge >= 0.3 is 0 Å². The first kappa shape index (κ1) is 17.0. The molecule has 1 aromatic heterocycles. The van der Waals surface area contributed by atoms with Gasteiger partial charge in [0, 0.05) is 5.56 Å². The van der Waals surface area contributed by atoms with Crippen LogP contribution in [0.5, 0.6) is 11.5 Å². The lowest BCUT2D eigenvalue weighted by Crippen LogP contribution is -2.12. The Kier molecular flexibility index (Phi) is 5.35. The summed E-state index contributed by atoms with van der Waals surface area (Å²) in [6.45, 7) is 0.784. The molecule has 0 fully saturated rings. The van der Waals surface area contributed by atoms with Crippen LogP contribution in [0.25, 0.3) is 0 Å². The number of nitrogens with one attached hydrogen (secondary N) is 1. The minimum absolute atomic E-state index is 0.216. The molecule has 3 rings (SSSR count). The minimum Gasteiger partial charge on any atom is -0.493 e. The molecule has 1 heterocycles. The second-order valence-corrected chi connectivity index (χ2v) is 5.62. The molecule has 0 amide bonds. The second kappa shape index (κ2) is 7.85. The van der Waals surface area contributed by atoms with Crippen LogP contribution in [-0.2, 0) is 13.2 Å². The SMILES string of the molecule is COc1cc(CNn2cnnc2)ccc1OCc1ccc(F)cc1Cl. The van der Waals surface area contributed by atoms with Crippen molar-refractivity contribution in [3.8, 4) is 11.5 Å². The molecule has 0 aliphatic heterocycles. The van der Waals surface area contributed by atoms with Crippen molar-refractivity contribution in [3.05, 3.63) is 71.0 Å². The largest absolute Gasteiger partial charge is 0.493 e. The van der Waals surface area contributed by atoms with E-state index in [-0.39, 0.29) is 12.4 Å². The molecule has 2 aromatic carbocycles. The number of halogens is 2. The molecule has 0 radical (unpaired) electrons. The Morgan fingerprint density at radius 2 is 1.92 bits per heavy atom. The van der Waals surface area contributed by atoms with Gasteiger partial charge in [0.2, 0.25) is 0 Å². The lowest BCUT2D eigenvalue weighted by molar-refractivity contribution is 0.284. The zero-order chi connectivity index (χ0) is 17.6. The van der Waals surface area contributed by atoms with E-state index in [0.717, 1.165) is 5.56 Å². The van der Waals surface area contributed by atoms with E-state index in [0.29, 0.717) is 28.6 Å². The van der Waals surface area contributed by atoms with Crippen molar-refractivity contribution in [2.75, 3.05) is 12.5 Å². The summed E-state index contributed by atoms with van der Waals surface area (Å²) in [5.74, 6) is 0.800. The molecule has 0 atom stereocenters. The van der Waals surface area contributed by atoms with Crippen LogP contribution in [0.2, 0.25) is 5.02 Å². The van der Waals surface area contributed by atoms with Crippen molar-refractivity contribution >= 4 is 11.6 Å². The van der Waals surface area contributed by atoms with E-state index in [9.17, 15) is 4.39 Å². The molecule has 0 aliphatic rings. The Morgan fingerprint density at radius 3 is 2.64 bits per heavy atom. The standard InChI is InChI=1S/C17H16ClFN4O2/c1-24-17-6-12(8-22-23-10-20-21-11-23)2-5-16(17)25-9-13-3-4-14(19)7-15(13)18/h2-7,10-11,22H,8-9H2,1H3. The van der Waals surface area contributed by atoms with Crippen molar-refractivity contribution in [3.63, 3.8) is 0 Å². The summed E-state index contributed by atoms with van der Waals surface area (Å²) in [5, 5.41) is 7.77. The zero-order valence-electron chi connectivity index (χ0n) is 13.4. The van der Waals surface area contributed by atoms with Gasteiger partial charge < -0.3 is 14.9 Å². The number of hydrogen-bond acceptors (Lipinski definition) is 5. The molecule has 8 heteroatoms. The van der Waals surface area contributed by atoms with E-state index in [2.05, 4.69) is 15.6 Å². The molecule has 0 saturated carbocycles. The van der Waals surface area contributed by atoms with Gasteiger partial charge in [0.25, 0.3) is 0 Å². The number of benzene rings is 2. The predicted molar refractivity (Wildman–Crippen MR) is 91.8 cm³/mol. The molecule has 1 N–H and O–H groups in total. The maximum absolute atomic E-state index is 13.1. The highest BCUT2D eigenvalue weighted by Gasteiger charge is 2.08. The first-order valence-corrected chi connectivity index (χ1v) is 7.85. The molecular weight excluding hydrogens is 347 g/mol. The van der Waals surface area contributed by atoms with E-state index >= 15 is 0 Å². The first-order valence-electron chi connectivity index (χ1n) is 7.48. The summed E-state index contributed by atoms with van der Waals surface area (Å²) < 4.78 is 25.9. The number of nitrogens with zero attached hydrogens (tertiary/aromatic N) is 3. The van der Waals surface area contributed by atoms with Crippen LogP contribution in [-0.4, -0.2) is 22.0 Å². The van der Waals surface area contributed by atoms with Crippen molar-refractivity contribution in [1.29, 1.82) is 0 Å². The van der Waals surface area contributed by atoms with Crippen LogP contribution in [0.1, 0.15) is 11.1 Å². The zero-order valence-corrected chi connectivity index (χ0v) is 14.2. The Hall–Kier alpha value is -2.80. The quantitative estimate of drug-likeness (QED) is 0.698. The lowest BCUT2D eigenvalue weighted by atomic mass is 10.2. The van der Waals surface area contributed by atoms with Crippen LogP contribution in [0.4, 0.5) is 4.39 Å². The monoisotopic (exact) mass is 362 g/mol. The molecule has 0 aliphatic carbocycles. The topological polar surface area (TPSA) is 61.2 Å². The number of rotatable bonds is 7. The van der Waals surface area contributed by atoms with E-state index in [1.165, 1.54) is 12.1 Å². The van der Waals surface area contributed by atoms with Crippen LogP contribution in [0.3, 0.4) is 0 Å². The van der Waals surface area contributed by atoms with Crippen molar-refractivity contribution in [2.24, 2.45) is 0 Å². The third-order valence-electron chi connectivity index (χ3n) is 3.51. The highest BCUT2D eigenvalue weighted by Crippen LogP contribution is 2.29. The average Bonchev–Trinajstić information content (AvgIpc) is 3.13. The lowest BCUT2D eigenvalue weighted by Gasteiger charge is -2.13. The summed E-state index contributed by atoms with van der Waals surface area (Å²) in [6, 6.07) is 9.82. The fourth-order valence-electron chi connectivity index (χ4n) is 2.20. The van der Waals surface area contributed by atoms with Gasteiger partial charge in [0.1, 0.15) is 25.1 Å². The molecule has 0 bridgehead atoms. The number of methoxy groups -OCH3 is 1. The Labute approximate surface area is 149 Å². The van der Waals surface area contributed by atoms with Gasteiger partial charge in [-0.3, -0.25) is 0 Å². The molecule has 0 unspecified atom stereocenters. The highest BCUT2D eigenvalue weighted by molar-refractivity contribution is 6.31. The van der Waals surface area contributed by atoms with Gasteiger partial charge in [-0.25, -0.2) is 9.07 Å². The van der Waals surface area contributed by atoms with Crippen LogP contribution >= 0.6 is 11.6 Å². The second-order valence-electron chi connectivity index (χ2n) is 5.21. The van der Waals surface area contributed by atoms with Gasteiger partial charge in [-0.2, -0.15) is 0 Å². The first-order chi connectivity index (χ1) is 12.2. The van der Waals surface area contributed by atoms with Gasteiger partial charge in [-0.15, -0.1) is 10.2 Å².